The molecule has 1 aliphatic heterocycles. The van der Waals surface area contributed by atoms with E-state index in [0.29, 0.717) is 0 Å². The Morgan fingerprint density at radius 1 is 1.21 bits per heavy atom. The maximum Gasteiger partial charge on any atom is 0.303 e. The number of carbonyl (C=O) groups is 1. The Balaban J connectivity index is 1.59. The predicted molar refractivity (Wildman–Crippen MR) is 93.7 cm³/mol. The molecule has 128 valence electrons. The number of fused-ring (bicyclic) bond motifs is 1. The molecule has 1 aromatic carbocycles. The largest absolute Gasteiger partial charge is 0.481 e. The highest BCUT2D eigenvalue weighted by Crippen LogP contribution is 2.29. The van der Waals surface area contributed by atoms with Gasteiger partial charge in [0, 0.05) is 18.5 Å². The van der Waals surface area contributed by atoms with Crippen LogP contribution in [0, 0.1) is 6.92 Å². The van der Waals surface area contributed by atoms with Gasteiger partial charge in [-0.15, -0.1) is 10.2 Å². The molecule has 3 rings (SSSR count). The van der Waals surface area contributed by atoms with Gasteiger partial charge in [-0.25, -0.2) is 0 Å². The Morgan fingerprint density at radius 2 is 2.00 bits per heavy atom. The third kappa shape index (κ3) is 4.15. The number of benzene rings is 1. The van der Waals surface area contributed by atoms with Gasteiger partial charge in [-0.1, -0.05) is 48.0 Å². The molecule has 0 fully saturated rings. The summed E-state index contributed by atoms with van der Waals surface area (Å²) in [5.41, 5.74) is 2.32. The number of nitrogens with zero attached hydrogens (tertiary/aromatic N) is 4. The zero-order valence-electron chi connectivity index (χ0n) is 13.8. The van der Waals surface area contributed by atoms with E-state index < -0.39 is 5.97 Å². The molecule has 1 aliphatic rings. The summed E-state index contributed by atoms with van der Waals surface area (Å²) in [5, 5.41) is 18.3. The number of rotatable bonds is 7. The normalized spacial score (nSPS) is 14.5. The molecule has 0 unspecified atom stereocenters. The average molecular weight is 346 g/mol. The third-order valence-electron chi connectivity index (χ3n) is 4.11. The van der Waals surface area contributed by atoms with Crippen molar-refractivity contribution in [2.75, 3.05) is 12.4 Å². The number of carboxylic acids is 1. The molecule has 0 bridgehead atoms. The molecule has 1 aromatic heterocycles. The number of aryl methyl sites for hydroxylation is 1. The van der Waals surface area contributed by atoms with E-state index in [4.69, 9.17) is 5.11 Å². The molecule has 0 saturated heterocycles. The molecular formula is C17H22N4O2S. The van der Waals surface area contributed by atoms with Crippen LogP contribution in [0.4, 0.5) is 0 Å². The van der Waals surface area contributed by atoms with E-state index in [0.717, 1.165) is 54.9 Å². The smallest absolute Gasteiger partial charge is 0.303 e. The quantitative estimate of drug-likeness (QED) is 0.776. The summed E-state index contributed by atoms with van der Waals surface area (Å²) < 4.78 is 2.16. The summed E-state index contributed by atoms with van der Waals surface area (Å²) in [5.74, 6) is 1.11. The van der Waals surface area contributed by atoms with E-state index in [1.807, 2.05) is 0 Å². The van der Waals surface area contributed by atoms with Gasteiger partial charge in [0.2, 0.25) is 0 Å². The first-order valence-electron chi connectivity index (χ1n) is 8.20. The van der Waals surface area contributed by atoms with Crippen LogP contribution in [0.1, 0.15) is 31.2 Å². The molecule has 2 aromatic rings. The maximum absolute atomic E-state index is 10.5. The van der Waals surface area contributed by atoms with Gasteiger partial charge in [0.15, 0.2) is 11.0 Å². The van der Waals surface area contributed by atoms with Gasteiger partial charge >= 0.3 is 5.97 Å². The van der Waals surface area contributed by atoms with E-state index in [1.54, 1.807) is 11.8 Å². The van der Waals surface area contributed by atoms with E-state index in [2.05, 4.69) is 50.9 Å². The first-order chi connectivity index (χ1) is 11.6. The number of aliphatic carboxylic acids is 1. The van der Waals surface area contributed by atoms with E-state index in [1.165, 1.54) is 5.56 Å². The summed E-state index contributed by atoms with van der Waals surface area (Å²) >= 11 is 1.71. The zero-order valence-corrected chi connectivity index (χ0v) is 14.6. The van der Waals surface area contributed by atoms with Crippen molar-refractivity contribution in [3.63, 3.8) is 0 Å². The van der Waals surface area contributed by atoms with Crippen molar-refractivity contribution in [2.45, 2.75) is 44.4 Å². The maximum atomic E-state index is 10.5. The topological polar surface area (TPSA) is 71.2 Å². The zero-order chi connectivity index (χ0) is 16.9. The molecule has 0 aliphatic carbocycles. The Hall–Kier alpha value is -1.86. The fraction of sp³-hybridized carbons (Fsp3) is 0.471. The summed E-state index contributed by atoms with van der Waals surface area (Å²) in [6.07, 6.45) is 2.99. The fourth-order valence-corrected chi connectivity index (χ4v) is 3.66. The SMILES string of the molecule is Cc1ccc(-c2nnc3n2CN(CCCCCC(=O)O)CS3)cc1. The minimum absolute atomic E-state index is 0.266. The highest BCUT2D eigenvalue weighted by atomic mass is 32.2. The van der Waals surface area contributed by atoms with Crippen LogP contribution in [-0.4, -0.2) is 43.2 Å². The summed E-state index contributed by atoms with van der Waals surface area (Å²) in [4.78, 5) is 12.9. The van der Waals surface area contributed by atoms with Gasteiger partial charge in [-0.2, -0.15) is 0 Å². The molecule has 24 heavy (non-hydrogen) atoms. The van der Waals surface area contributed by atoms with Crippen molar-refractivity contribution in [2.24, 2.45) is 0 Å². The Labute approximate surface area is 145 Å². The standard InChI is InChI=1S/C17H22N4O2S/c1-13-6-8-14(9-7-13)16-18-19-17-21(16)11-20(12-24-17)10-4-2-3-5-15(22)23/h6-9H,2-5,10-12H2,1H3,(H,22,23). The van der Waals surface area contributed by atoms with Gasteiger partial charge in [0.25, 0.3) is 0 Å². The molecule has 0 radical (unpaired) electrons. The van der Waals surface area contributed by atoms with Gasteiger partial charge in [-0.3, -0.25) is 14.3 Å². The fourth-order valence-electron chi connectivity index (χ4n) is 2.75. The summed E-state index contributed by atoms with van der Waals surface area (Å²) in [6.45, 7) is 3.83. The molecule has 7 heteroatoms. The first-order valence-corrected chi connectivity index (χ1v) is 9.19. The van der Waals surface area contributed by atoms with Crippen LogP contribution in [-0.2, 0) is 11.5 Å². The first kappa shape index (κ1) is 17.0. The molecule has 0 amide bonds. The van der Waals surface area contributed by atoms with Crippen molar-refractivity contribution in [3.05, 3.63) is 29.8 Å². The monoisotopic (exact) mass is 346 g/mol. The van der Waals surface area contributed by atoms with E-state index >= 15 is 0 Å². The summed E-state index contributed by atoms with van der Waals surface area (Å²) in [6, 6.07) is 8.35. The van der Waals surface area contributed by atoms with Gasteiger partial charge in [0.1, 0.15) is 0 Å². The molecule has 0 spiro atoms. The van der Waals surface area contributed by atoms with Crippen LogP contribution >= 0.6 is 11.8 Å². The second-order valence-electron chi connectivity index (χ2n) is 6.11. The Bertz CT molecular complexity index is 699. The van der Waals surface area contributed by atoms with Crippen LogP contribution in [0.5, 0.6) is 0 Å². The highest BCUT2D eigenvalue weighted by Gasteiger charge is 2.22. The molecule has 0 atom stereocenters. The second kappa shape index (κ2) is 7.81. The number of carboxylic acid groups (broad SMARTS) is 1. The molecule has 2 heterocycles. The minimum Gasteiger partial charge on any atom is -0.481 e. The van der Waals surface area contributed by atoms with Crippen molar-refractivity contribution in [1.29, 1.82) is 0 Å². The van der Waals surface area contributed by atoms with Crippen LogP contribution < -0.4 is 0 Å². The lowest BCUT2D eigenvalue weighted by Crippen LogP contribution is -2.31. The van der Waals surface area contributed by atoms with Crippen molar-refractivity contribution >= 4 is 17.7 Å². The molecule has 0 saturated carbocycles. The molecule has 1 N–H and O–H groups in total. The van der Waals surface area contributed by atoms with E-state index in [-0.39, 0.29) is 6.42 Å². The van der Waals surface area contributed by atoms with Crippen molar-refractivity contribution in [1.82, 2.24) is 19.7 Å². The number of thioether (sulfide) groups is 1. The highest BCUT2D eigenvalue weighted by molar-refractivity contribution is 7.99. The molecular weight excluding hydrogens is 324 g/mol. The lowest BCUT2D eigenvalue weighted by molar-refractivity contribution is -0.137. The number of unbranched alkanes of at least 4 members (excludes halogenated alkanes) is 2. The Kier molecular flexibility index (Phi) is 5.52. The number of hydrogen-bond acceptors (Lipinski definition) is 5. The third-order valence-corrected chi connectivity index (χ3v) is 5.16. The minimum atomic E-state index is -0.708. The summed E-state index contributed by atoms with van der Waals surface area (Å²) in [7, 11) is 0. The van der Waals surface area contributed by atoms with E-state index in [9.17, 15) is 4.79 Å². The number of hydrogen-bond donors (Lipinski definition) is 1. The van der Waals surface area contributed by atoms with Crippen LogP contribution in [0.3, 0.4) is 0 Å². The van der Waals surface area contributed by atoms with Crippen LogP contribution in [0.2, 0.25) is 0 Å². The van der Waals surface area contributed by atoms with Gasteiger partial charge < -0.3 is 5.11 Å². The average Bonchev–Trinajstić information content (AvgIpc) is 2.98. The lowest BCUT2D eigenvalue weighted by Gasteiger charge is -2.27. The van der Waals surface area contributed by atoms with Gasteiger partial charge in [0.05, 0.1) is 12.5 Å². The lowest BCUT2D eigenvalue weighted by atomic mass is 10.1. The predicted octanol–water partition coefficient (Wildman–Crippen LogP) is 3.22. The van der Waals surface area contributed by atoms with Crippen LogP contribution in [0.15, 0.2) is 29.4 Å². The van der Waals surface area contributed by atoms with Crippen LogP contribution in [0.25, 0.3) is 11.4 Å². The molecule has 6 nitrogen and oxygen atoms in total. The second-order valence-corrected chi connectivity index (χ2v) is 7.03. The Morgan fingerprint density at radius 3 is 2.75 bits per heavy atom. The number of aromatic nitrogens is 3. The van der Waals surface area contributed by atoms with Crippen molar-refractivity contribution < 1.29 is 9.90 Å². The van der Waals surface area contributed by atoms with Gasteiger partial charge in [-0.05, 0) is 19.8 Å². The van der Waals surface area contributed by atoms with Crippen molar-refractivity contribution in [3.8, 4) is 11.4 Å².